The number of hydrogen-bond acceptors (Lipinski definition) is 2. The molecule has 2 nitrogen and oxygen atoms in total. The maximum atomic E-state index is 9.12. The van der Waals surface area contributed by atoms with Gasteiger partial charge in [-0.15, -0.1) is 0 Å². The van der Waals surface area contributed by atoms with Crippen LogP contribution in [0.3, 0.4) is 0 Å². The summed E-state index contributed by atoms with van der Waals surface area (Å²) in [4.78, 5) is 0. The molecule has 0 heterocycles. The molecule has 0 saturated heterocycles. The van der Waals surface area contributed by atoms with Crippen LogP contribution in [0.25, 0.3) is 0 Å². The van der Waals surface area contributed by atoms with Gasteiger partial charge in [0.05, 0.1) is 12.7 Å². The third-order valence-corrected chi connectivity index (χ3v) is 1.66. The predicted octanol–water partition coefficient (Wildman–Crippen LogP) is 1.64. The summed E-state index contributed by atoms with van der Waals surface area (Å²) in [6.45, 7) is 7.52. The fraction of sp³-hybridized carbons (Fsp3) is 0.600. The molecule has 70 valence electrons. The molecule has 0 rings (SSSR count). The molecule has 0 saturated carbocycles. The van der Waals surface area contributed by atoms with Gasteiger partial charge in [0.2, 0.25) is 0 Å². The smallest absolute Gasteiger partial charge is 0.0978 e. The Morgan fingerprint density at radius 1 is 1.50 bits per heavy atom. The van der Waals surface area contributed by atoms with Gasteiger partial charge < -0.3 is 10.2 Å². The van der Waals surface area contributed by atoms with E-state index in [1.165, 1.54) is 5.57 Å². The molecule has 2 N–H and O–H groups in total. The van der Waals surface area contributed by atoms with Crippen LogP contribution in [-0.4, -0.2) is 22.9 Å². The van der Waals surface area contributed by atoms with Gasteiger partial charge in [0.25, 0.3) is 0 Å². The molecule has 0 aromatic heterocycles. The van der Waals surface area contributed by atoms with Gasteiger partial charge in [0.15, 0.2) is 0 Å². The van der Waals surface area contributed by atoms with Gasteiger partial charge >= 0.3 is 0 Å². The molecule has 0 spiro atoms. The summed E-state index contributed by atoms with van der Waals surface area (Å²) in [6.07, 6.45) is 2.97. The Hall–Kier alpha value is -0.600. The average Bonchev–Trinajstić information content (AvgIpc) is 2.02. The lowest BCUT2D eigenvalue weighted by Gasteiger charge is -2.09. The van der Waals surface area contributed by atoms with Gasteiger partial charge in [0, 0.05) is 0 Å². The molecular weight excluding hydrogens is 152 g/mol. The quantitative estimate of drug-likeness (QED) is 0.616. The summed E-state index contributed by atoms with van der Waals surface area (Å²) in [6, 6.07) is 0. The van der Waals surface area contributed by atoms with Crippen LogP contribution in [-0.2, 0) is 0 Å². The molecule has 0 bridgehead atoms. The molecule has 0 radical (unpaired) electrons. The average molecular weight is 170 g/mol. The lowest BCUT2D eigenvalue weighted by Crippen LogP contribution is -2.14. The molecule has 0 aromatic rings. The van der Waals surface area contributed by atoms with Gasteiger partial charge in [-0.05, 0) is 32.3 Å². The zero-order valence-electron chi connectivity index (χ0n) is 7.88. The lowest BCUT2D eigenvalue weighted by molar-refractivity contribution is 0.120. The van der Waals surface area contributed by atoms with Crippen LogP contribution in [0.15, 0.2) is 23.8 Å². The molecule has 1 unspecified atom stereocenters. The first-order chi connectivity index (χ1) is 5.57. The Morgan fingerprint density at radius 3 is 2.50 bits per heavy atom. The van der Waals surface area contributed by atoms with E-state index < -0.39 is 6.10 Å². The highest BCUT2D eigenvalue weighted by Crippen LogP contribution is 2.08. The number of rotatable bonds is 5. The zero-order chi connectivity index (χ0) is 9.56. The summed E-state index contributed by atoms with van der Waals surface area (Å²) in [5, 5.41) is 17.7. The van der Waals surface area contributed by atoms with Crippen molar-refractivity contribution < 1.29 is 10.2 Å². The van der Waals surface area contributed by atoms with E-state index in [9.17, 15) is 0 Å². The minimum absolute atomic E-state index is 0.229. The maximum Gasteiger partial charge on any atom is 0.0978 e. The van der Waals surface area contributed by atoms with Crippen LogP contribution in [0.5, 0.6) is 0 Å². The highest BCUT2D eigenvalue weighted by Gasteiger charge is 2.04. The Bertz CT molecular complexity index is 167. The van der Waals surface area contributed by atoms with Crippen molar-refractivity contribution in [2.24, 2.45) is 0 Å². The van der Waals surface area contributed by atoms with Crippen molar-refractivity contribution in [1.29, 1.82) is 0 Å². The molecule has 0 aliphatic carbocycles. The van der Waals surface area contributed by atoms with E-state index in [1.807, 2.05) is 13.8 Å². The van der Waals surface area contributed by atoms with Crippen LogP contribution in [0.2, 0.25) is 0 Å². The van der Waals surface area contributed by atoms with Crippen LogP contribution < -0.4 is 0 Å². The fourth-order valence-corrected chi connectivity index (χ4v) is 0.842. The van der Waals surface area contributed by atoms with Crippen molar-refractivity contribution in [2.45, 2.75) is 32.8 Å². The molecule has 0 aliphatic heterocycles. The number of hydrogen-bond donors (Lipinski definition) is 2. The van der Waals surface area contributed by atoms with Crippen molar-refractivity contribution >= 4 is 0 Å². The fourth-order valence-electron chi connectivity index (χ4n) is 0.842. The van der Waals surface area contributed by atoms with Gasteiger partial charge in [-0.2, -0.15) is 0 Å². The van der Waals surface area contributed by atoms with Crippen molar-refractivity contribution in [3.63, 3.8) is 0 Å². The van der Waals surface area contributed by atoms with E-state index >= 15 is 0 Å². The van der Waals surface area contributed by atoms with Crippen molar-refractivity contribution in [1.82, 2.24) is 0 Å². The Morgan fingerprint density at radius 2 is 2.08 bits per heavy atom. The van der Waals surface area contributed by atoms with Crippen LogP contribution >= 0.6 is 0 Å². The number of aliphatic hydroxyl groups excluding tert-OH is 2. The topological polar surface area (TPSA) is 40.5 Å². The molecule has 0 aromatic carbocycles. The van der Waals surface area contributed by atoms with E-state index in [2.05, 4.69) is 12.7 Å². The first kappa shape index (κ1) is 11.4. The Labute approximate surface area is 74.2 Å². The zero-order valence-corrected chi connectivity index (χ0v) is 7.88. The SMILES string of the molecule is C=C(CCC=C(C)C)C(O)CO. The van der Waals surface area contributed by atoms with Gasteiger partial charge in [-0.1, -0.05) is 18.2 Å². The maximum absolute atomic E-state index is 9.12. The van der Waals surface area contributed by atoms with Crippen molar-refractivity contribution in [3.8, 4) is 0 Å². The largest absolute Gasteiger partial charge is 0.393 e. The second-order valence-corrected chi connectivity index (χ2v) is 3.18. The molecule has 0 fully saturated rings. The third-order valence-electron chi connectivity index (χ3n) is 1.66. The number of allylic oxidation sites excluding steroid dienone is 2. The second kappa shape index (κ2) is 5.98. The van der Waals surface area contributed by atoms with Crippen LogP contribution in [0.4, 0.5) is 0 Å². The van der Waals surface area contributed by atoms with Gasteiger partial charge in [-0.3, -0.25) is 0 Å². The van der Waals surface area contributed by atoms with E-state index in [4.69, 9.17) is 10.2 Å². The van der Waals surface area contributed by atoms with E-state index in [0.29, 0.717) is 5.57 Å². The summed E-state index contributed by atoms with van der Waals surface area (Å²) < 4.78 is 0. The Kier molecular flexibility index (Phi) is 5.68. The van der Waals surface area contributed by atoms with E-state index in [0.717, 1.165) is 12.8 Å². The molecule has 12 heavy (non-hydrogen) atoms. The molecular formula is C10H18O2. The molecule has 0 amide bonds. The molecule has 0 aliphatic rings. The summed E-state index contributed by atoms with van der Waals surface area (Å²) in [5.41, 5.74) is 1.97. The monoisotopic (exact) mass is 170 g/mol. The normalized spacial score (nSPS) is 12.3. The van der Waals surface area contributed by atoms with Crippen LogP contribution in [0.1, 0.15) is 26.7 Å². The van der Waals surface area contributed by atoms with Gasteiger partial charge in [0.1, 0.15) is 0 Å². The summed E-state index contributed by atoms with van der Waals surface area (Å²) in [5.74, 6) is 0. The molecule has 1 atom stereocenters. The second-order valence-electron chi connectivity index (χ2n) is 3.18. The lowest BCUT2D eigenvalue weighted by atomic mass is 10.1. The van der Waals surface area contributed by atoms with E-state index in [-0.39, 0.29) is 6.61 Å². The number of aliphatic hydroxyl groups is 2. The van der Waals surface area contributed by atoms with Crippen LogP contribution in [0, 0.1) is 0 Å². The highest BCUT2D eigenvalue weighted by molar-refractivity contribution is 5.04. The molecule has 2 heteroatoms. The minimum atomic E-state index is -0.754. The summed E-state index contributed by atoms with van der Waals surface area (Å²) >= 11 is 0. The first-order valence-electron chi connectivity index (χ1n) is 4.18. The first-order valence-corrected chi connectivity index (χ1v) is 4.18. The van der Waals surface area contributed by atoms with E-state index in [1.54, 1.807) is 0 Å². The Balaban J connectivity index is 3.65. The highest BCUT2D eigenvalue weighted by atomic mass is 16.3. The minimum Gasteiger partial charge on any atom is -0.393 e. The van der Waals surface area contributed by atoms with Crippen molar-refractivity contribution in [3.05, 3.63) is 23.8 Å². The van der Waals surface area contributed by atoms with Gasteiger partial charge in [-0.25, -0.2) is 0 Å². The van der Waals surface area contributed by atoms with Crippen molar-refractivity contribution in [2.75, 3.05) is 6.61 Å². The standard InChI is InChI=1S/C10H18O2/c1-8(2)5-4-6-9(3)10(12)7-11/h5,10-12H,3-4,6-7H2,1-2H3. The third kappa shape index (κ3) is 5.10. The predicted molar refractivity (Wildman–Crippen MR) is 50.9 cm³/mol. The summed E-state index contributed by atoms with van der Waals surface area (Å²) in [7, 11) is 0.